The van der Waals surface area contributed by atoms with Crippen molar-refractivity contribution in [3.63, 3.8) is 0 Å². The highest BCUT2D eigenvalue weighted by atomic mass is 15.2. The SMILES string of the molecule is CC1=C(c2c(C)nc(C)nc2N(CCN(C)C)CC2CC2)CCCC1.Cc1cc(C)c(C)c(C)c1. The van der Waals surface area contributed by atoms with Crippen molar-refractivity contribution >= 4 is 11.4 Å². The van der Waals surface area contributed by atoms with Gasteiger partial charge in [-0.2, -0.15) is 0 Å². The third kappa shape index (κ3) is 7.64. The van der Waals surface area contributed by atoms with Gasteiger partial charge in [-0.15, -0.1) is 0 Å². The molecule has 1 heterocycles. The predicted octanol–water partition coefficient (Wildman–Crippen LogP) is 7.14. The first-order valence-corrected chi connectivity index (χ1v) is 13.5. The van der Waals surface area contributed by atoms with E-state index in [1.165, 1.54) is 77.7 Å². The van der Waals surface area contributed by atoms with Gasteiger partial charge in [-0.3, -0.25) is 0 Å². The number of hydrogen-bond donors (Lipinski definition) is 0. The Bertz CT molecular complexity index is 1020. The fourth-order valence-corrected chi connectivity index (χ4v) is 5.14. The molecule has 4 heteroatoms. The minimum atomic E-state index is 0.854. The van der Waals surface area contributed by atoms with Gasteiger partial charge in [-0.1, -0.05) is 23.3 Å². The molecule has 192 valence electrons. The molecule has 0 unspecified atom stereocenters. The molecule has 0 bridgehead atoms. The van der Waals surface area contributed by atoms with Crippen molar-refractivity contribution in [2.45, 2.75) is 87.0 Å². The maximum absolute atomic E-state index is 4.96. The van der Waals surface area contributed by atoms with E-state index in [1.54, 1.807) is 5.57 Å². The average molecular weight is 477 g/mol. The van der Waals surface area contributed by atoms with E-state index >= 15 is 0 Å². The molecule has 0 amide bonds. The second-order valence-electron chi connectivity index (χ2n) is 11.2. The highest BCUT2D eigenvalue weighted by molar-refractivity contribution is 5.78. The van der Waals surface area contributed by atoms with Crippen molar-refractivity contribution in [2.75, 3.05) is 38.6 Å². The van der Waals surface area contributed by atoms with Gasteiger partial charge in [0.1, 0.15) is 11.6 Å². The zero-order chi connectivity index (χ0) is 25.7. The smallest absolute Gasteiger partial charge is 0.140 e. The molecular formula is C31H48N4. The van der Waals surface area contributed by atoms with E-state index in [-0.39, 0.29) is 0 Å². The normalized spacial score (nSPS) is 15.8. The monoisotopic (exact) mass is 476 g/mol. The Labute approximate surface area is 214 Å². The largest absolute Gasteiger partial charge is 0.354 e. The molecule has 4 nitrogen and oxygen atoms in total. The van der Waals surface area contributed by atoms with Gasteiger partial charge in [0, 0.05) is 25.2 Å². The Kier molecular flexibility index (Phi) is 9.52. The molecule has 0 spiro atoms. The summed E-state index contributed by atoms with van der Waals surface area (Å²) >= 11 is 0. The first kappa shape index (κ1) is 27.4. The van der Waals surface area contributed by atoms with Crippen LogP contribution in [0.5, 0.6) is 0 Å². The van der Waals surface area contributed by atoms with E-state index in [0.717, 1.165) is 37.1 Å². The maximum Gasteiger partial charge on any atom is 0.140 e. The minimum absolute atomic E-state index is 0.854. The summed E-state index contributed by atoms with van der Waals surface area (Å²) < 4.78 is 0. The second-order valence-corrected chi connectivity index (χ2v) is 11.2. The van der Waals surface area contributed by atoms with Crippen LogP contribution in [0.3, 0.4) is 0 Å². The Morgan fingerprint density at radius 3 is 2.03 bits per heavy atom. The average Bonchev–Trinajstić information content (AvgIpc) is 3.60. The topological polar surface area (TPSA) is 32.3 Å². The third-order valence-corrected chi connectivity index (χ3v) is 7.59. The van der Waals surface area contributed by atoms with E-state index in [4.69, 9.17) is 9.97 Å². The van der Waals surface area contributed by atoms with Crippen molar-refractivity contribution in [1.82, 2.24) is 14.9 Å². The zero-order valence-electron chi connectivity index (χ0n) is 23.9. The molecule has 0 aliphatic heterocycles. The highest BCUT2D eigenvalue weighted by Crippen LogP contribution is 2.39. The summed E-state index contributed by atoms with van der Waals surface area (Å²) in [4.78, 5) is 14.5. The zero-order valence-corrected chi connectivity index (χ0v) is 23.9. The summed E-state index contributed by atoms with van der Waals surface area (Å²) in [6.07, 6.45) is 7.76. The van der Waals surface area contributed by atoms with Gasteiger partial charge in [-0.25, -0.2) is 9.97 Å². The van der Waals surface area contributed by atoms with Gasteiger partial charge >= 0.3 is 0 Å². The number of nitrogens with zero attached hydrogens (tertiary/aromatic N) is 4. The fourth-order valence-electron chi connectivity index (χ4n) is 5.14. The van der Waals surface area contributed by atoms with Crippen LogP contribution in [-0.2, 0) is 0 Å². The molecule has 0 radical (unpaired) electrons. The van der Waals surface area contributed by atoms with Crippen LogP contribution >= 0.6 is 0 Å². The lowest BCUT2D eigenvalue weighted by atomic mass is 9.87. The Hall–Kier alpha value is -2.20. The van der Waals surface area contributed by atoms with Gasteiger partial charge in [-0.05, 0) is 129 Å². The number of benzene rings is 1. The number of likely N-dealkylation sites (N-methyl/N-ethyl adjacent to an activating group) is 1. The standard InChI is InChI=1S/C21H34N4.C10H14/c1-15-8-6-7-9-19(15)20-16(2)22-17(3)23-21(20)25(13-12-24(4)5)14-18-10-11-18;1-7-5-8(2)10(4)9(3)6-7/h18H,6-14H2,1-5H3;5-6H,1-4H3. The predicted molar refractivity (Wildman–Crippen MR) is 151 cm³/mol. The lowest BCUT2D eigenvalue weighted by molar-refractivity contribution is 0.411. The molecule has 1 aromatic heterocycles. The van der Waals surface area contributed by atoms with E-state index in [9.17, 15) is 0 Å². The van der Waals surface area contributed by atoms with Crippen molar-refractivity contribution in [3.05, 3.63) is 57.0 Å². The van der Waals surface area contributed by atoms with Crippen molar-refractivity contribution < 1.29 is 0 Å². The summed E-state index contributed by atoms with van der Waals surface area (Å²) in [5.74, 6) is 2.94. The van der Waals surface area contributed by atoms with Crippen molar-refractivity contribution in [2.24, 2.45) is 5.92 Å². The van der Waals surface area contributed by atoms with E-state index in [2.05, 4.69) is 77.6 Å². The van der Waals surface area contributed by atoms with Gasteiger partial charge in [0.15, 0.2) is 0 Å². The van der Waals surface area contributed by atoms with Crippen LogP contribution in [0.2, 0.25) is 0 Å². The molecule has 1 aromatic carbocycles. The summed E-state index contributed by atoms with van der Waals surface area (Å²) in [5, 5.41) is 0. The fraction of sp³-hybridized carbons (Fsp3) is 0.613. The molecule has 35 heavy (non-hydrogen) atoms. The van der Waals surface area contributed by atoms with Gasteiger partial charge < -0.3 is 9.80 Å². The molecule has 0 N–H and O–H groups in total. The number of allylic oxidation sites excluding steroid dienone is 2. The number of hydrogen-bond acceptors (Lipinski definition) is 4. The van der Waals surface area contributed by atoms with Crippen molar-refractivity contribution in [1.29, 1.82) is 0 Å². The maximum atomic E-state index is 4.96. The van der Waals surface area contributed by atoms with Crippen LogP contribution in [0.15, 0.2) is 17.7 Å². The Morgan fingerprint density at radius 2 is 1.46 bits per heavy atom. The third-order valence-electron chi connectivity index (χ3n) is 7.59. The van der Waals surface area contributed by atoms with E-state index in [1.807, 2.05) is 6.92 Å². The number of aromatic nitrogens is 2. The van der Waals surface area contributed by atoms with Gasteiger partial charge in [0.25, 0.3) is 0 Å². The van der Waals surface area contributed by atoms with Crippen LogP contribution in [0.4, 0.5) is 5.82 Å². The minimum Gasteiger partial charge on any atom is -0.354 e. The molecule has 2 aliphatic rings. The first-order valence-electron chi connectivity index (χ1n) is 13.5. The molecule has 1 saturated carbocycles. The number of rotatable bonds is 7. The number of aryl methyl sites for hydroxylation is 5. The van der Waals surface area contributed by atoms with Crippen LogP contribution in [0, 0.1) is 47.5 Å². The van der Waals surface area contributed by atoms with Crippen molar-refractivity contribution in [3.8, 4) is 0 Å². The number of anilines is 1. The first-order chi connectivity index (χ1) is 16.6. The lowest BCUT2D eigenvalue weighted by Crippen LogP contribution is -2.35. The Balaban J connectivity index is 0.000000287. The van der Waals surface area contributed by atoms with Gasteiger partial charge in [0.05, 0.1) is 5.69 Å². The van der Waals surface area contributed by atoms with Crippen LogP contribution in [-0.4, -0.2) is 48.6 Å². The molecule has 2 aliphatic carbocycles. The van der Waals surface area contributed by atoms with Gasteiger partial charge in [0.2, 0.25) is 0 Å². The quantitative estimate of drug-likeness (QED) is 0.425. The Morgan fingerprint density at radius 1 is 0.829 bits per heavy atom. The molecule has 1 fully saturated rings. The molecule has 0 atom stereocenters. The van der Waals surface area contributed by atoms with E-state index in [0.29, 0.717) is 0 Å². The molecular weight excluding hydrogens is 428 g/mol. The molecule has 0 saturated heterocycles. The summed E-state index contributed by atoms with van der Waals surface area (Å²) in [7, 11) is 4.31. The highest BCUT2D eigenvalue weighted by Gasteiger charge is 2.28. The molecule has 4 rings (SSSR count). The summed E-state index contributed by atoms with van der Waals surface area (Å²) in [5.41, 5.74) is 11.1. The second kappa shape index (κ2) is 12.2. The lowest BCUT2D eigenvalue weighted by Gasteiger charge is -2.30. The van der Waals surface area contributed by atoms with Crippen LogP contribution in [0.25, 0.3) is 5.57 Å². The van der Waals surface area contributed by atoms with Crippen LogP contribution < -0.4 is 4.90 Å². The summed E-state index contributed by atoms with van der Waals surface area (Å²) in [6.45, 7) is 18.4. The van der Waals surface area contributed by atoms with Crippen LogP contribution in [0.1, 0.15) is 84.8 Å². The molecule has 2 aromatic rings. The summed E-state index contributed by atoms with van der Waals surface area (Å²) in [6, 6.07) is 4.45. The van der Waals surface area contributed by atoms with E-state index < -0.39 is 0 Å².